The summed E-state index contributed by atoms with van der Waals surface area (Å²) in [5.74, 6) is -2.04. The van der Waals surface area contributed by atoms with Crippen LogP contribution < -0.4 is 5.32 Å². The molecule has 0 bridgehead atoms. The number of carbonyl (C=O) groups is 3. The summed E-state index contributed by atoms with van der Waals surface area (Å²) in [5.41, 5.74) is 4.58. The zero-order valence-corrected chi connectivity index (χ0v) is 18.5. The Hall–Kier alpha value is -3.39. The first-order valence-corrected chi connectivity index (χ1v) is 11.2. The standard InChI is InChI=1S/C25H28N2O6/c1-27(33-15-23(28)29)24(30)20-12-6-7-13-22(20)26-25(31)32-14-21-18-10-4-2-8-16(18)17-9-3-5-11-19(17)21/h2-5,8-11,20-22H,6-7,12-15H2,1H3,(H,26,31)(H,28,29)/t20-,22+/m0/s1. The molecule has 2 aliphatic carbocycles. The Morgan fingerprint density at radius 2 is 1.61 bits per heavy atom. The summed E-state index contributed by atoms with van der Waals surface area (Å²) in [6.07, 6.45) is 2.42. The van der Waals surface area contributed by atoms with Gasteiger partial charge in [-0.05, 0) is 35.1 Å². The Kier molecular flexibility index (Phi) is 6.93. The van der Waals surface area contributed by atoms with Crippen molar-refractivity contribution < 1.29 is 29.1 Å². The van der Waals surface area contributed by atoms with Crippen molar-refractivity contribution in [2.45, 2.75) is 37.6 Å². The number of alkyl carbamates (subject to hydrolysis) is 1. The summed E-state index contributed by atoms with van der Waals surface area (Å²) in [5, 5.41) is 12.6. The van der Waals surface area contributed by atoms with Crippen molar-refractivity contribution in [1.82, 2.24) is 10.4 Å². The predicted molar refractivity (Wildman–Crippen MR) is 120 cm³/mol. The summed E-state index contributed by atoms with van der Waals surface area (Å²) < 4.78 is 5.63. The molecule has 0 unspecified atom stereocenters. The van der Waals surface area contributed by atoms with Crippen molar-refractivity contribution in [3.8, 4) is 11.1 Å². The van der Waals surface area contributed by atoms with Gasteiger partial charge < -0.3 is 15.2 Å². The third kappa shape index (κ3) is 5.01. The molecule has 2 N–H and O–H groups in total. The molecule has 0 saturated heterocycles. The summed E-state index contributed by atoms with van der Waals surface area (Å²) in [6.45, 7) is -0.397. The normalized spacial score (nSPS) is 19.3. The molecule has 1 saturated carbocycles. The van der Waals surface area contributed by atoms with Crippen LogP contribution in [0.15, 0.2) is 48.5 Å². The van der Waals surface area contributed by atoms with E-state index in [1.807, 2.05) is 24.3 Å². The van der Waals surface area contributed by atoms with Gasteiger partial charge >= 0.3 is 12.1 Å². The second-order valence-electron chi connectivity index (χ2n) is 8.47. The molecule has 2 atom stereocenters. The van der Waals surface area contributed by atoms with Crippen LogP contribution in [0.3, 0.4) is 0 Å². The molecule has 1 fully saturated rings. The van der Waals surface area contributed by atoms with E-state index in [-0.39, 0.29) is 18.4 Å². The van der Waals surface area contributed by atoms with Crippen molar-refractivity contribution in [3.63, 3.8) is 0 Å². The first-order chi connectivity index (χ1) is 16.0. The van der Waals surface area contributed by atoms with Gasteiger partial charge in [-0.3, -0.25) is 9.63 Å². The molecular weight excluding hydrogens is 424 g/mol. The van der Waals surface area contributed by atoms with Crippen LogP contribution in [0.25, 0.3) is 11.1 Å². The van der Waals surface area contributed by atoms with Crippen molar-refractivity contribution in [2.75, 3.05) is 20.3 Å². The third-order valence-corrected chi connectivity index (χ3v) is 6.42. The zero-order chi connectivity index (χ0) is 23.4. The highest BCUT2D eigenvalue weighted by molar-refractivity contribution is 5.80. The van der Waals surface area contributed by atoms with E-state index in [0.717, 1.165) is 40.2 Å². The number of ether oxygens (including phenoxy) is 1. The lowest BCUT2D eigenvalue weighted by atomic mass is 9.84. The van der Waals surface area contributed by atoms with E-state index in [4.69, 9.17) is 14.7 Å². The fourth-order valence-electron chi connectivity index (χ4n) is 4.84. The maximum Gasteiger partial charge on any atom is 0.407 e. The van der Waals surface area contributed by atoms with Gasteiger partial charge in [-0.25, -0.2) is 14.7 Å². The molecule has 0 aliphatic heterocycles. The van der Waals surface area contributed by atoms with E-state index in [0.29, 0.717) is 12.8 Å². The van der Waals surface area contributed by atoms with Gasteiger partial charge in [0, 0.05) is 19.0 Å². The number of hydroxylamine groups is 2. The number of carboxylic acid groups (broad SMARTS) is 1. The molecule has 0 spiro atoms. The fourth-order valence-corrected chi connectivity index (χ4v) is 4.84. The number of fused-ring (bicyclic) bond motifs is 3. The van der Waals surface area contributed by atoms with Crippen molar-refractivity contribution >= 4 is 18.0 Å². The Balaban J connectivity index is 1.38. The summed E-state index contributed by atoms with van der Waals surface area (Å²) in [7, 11) is 1.39. The van der Waals surface area contributed by atoms with Gasteiger partial charge in [0.05, 0.1) is 5.92 Å². The average Bonchev–Trinajstić information content (AvgIpc) is 3.15. The van der Waals surface area contributed by atoms with Gasteiger partial charge in [-0.2, -0.15) is 0 Å². The van der Waals surface area contributed by atoms with Crippen molar-refractivity contribution in [1.29, 1.82) is 0 Å². The molecule has 0 heterocycles. The minimum Gasteiger partial charge on any atom is -0.479 e. The minimum absolute atomic E-state index is 0.0394. The molecule has 8 heteroatoms. The number of nitrogens with one attached hydrogen (secondary N) is 1. The van der Waals surface area contributed by atoms with Gasteiger partial charge in [-0.15, -0.1) is 0 Å². The van der Waals surface area contributed by atoms with Gasteiger partial charge in [0.1, 0.15) is 6.61 Å². The lowest BCUT2D eigenvalue weighted by molar-refractivity contribution is -0.190. The smallest absolute Gasteiger partial charge is 0.407 e. The quantitative estimate of drug-likeness (QED) is 0.623. The van der Waals surface area contributed by atoms with E-state index < -0.39 is 30.6 Å². The average molecular weight is 453 g/mol. The van der Waals surface area contributed by atoms with Gasteiger partial charge in [0.2, 0.25) is 0 Å². The predicted octanol–water partition coefficient (Wildman–Crippen LogP) is 3.56. The molecule has 174 valence electrons. The molecule has 0 radical (unpaired) electrons. The number of carbonyl (C=O) groups excluding carboxylic acids is 2. The number of aliphatic carboxylic acids is 1. The highest BCUT2D eigenvalue weighted by Gasteiger charge is 2.35. The number of hydrogen-bond donors (Lipinski definition) is 2. The van der Waals surface area contributed by atoms with Crippen LogP contribution in [-0.4, -0.2) is 54.4 Å². The van der Waals surface area contributed by atoms with Crippen LogP contribution in [0.1, 0.15) is 42.7 Å². The van der Waals surface area contributed by atoms with Gasteiger partial charge in [-0.1, -0.05) is 61.4 Å². The van der Waals surface area contributed by atoms with E-state index >= 15 is 0 Å². The van der Waals surface area contributed by atoms with Crippen LogP contribution >= 0.6 is 0 Å². The number of carboxylic acids is 1. The maximum atomic E-state index is 12.8. The molecular formula is C25H28N2O6. The number of amides is 2. The van der Waals surface area contributed by atoms with E-state index in [1.165, 1.54) is 7.05 Å². The second kappa shape index (κ2) is 10.0. The Morgan fingerprint density at radius 1 is 1.00 bits per heavy atom. The zero-order valence-electron chi connectivity index (χ0n) is 18.5. The molecule has 0 aromatic heterocycles. The second-order valence-corrected chi connectivity index (χ2v) is 8.47. The largest absolute Gasteiger partial charge is 0.479 e. The third-order valence-electron chi connectivity index (χ3n) is 6.42. The lowest BCUT2D eigenvalue weighted by Crippen LogP contribution is -2.49. The monoisotopic (exact) mass is 452 g/mol. The van der Waals surface area contributed by atoms with E-state index in [9.17, 15) is 14.4 Å². The minimum atomic E-state index is -1.16. The molecule has 2 aliphatic rings. The van der Waals surface area contributed by atoms with Crippen LogP contribution in [0.2, 0.25) is 0 Å². The first-order valence-electron chi connectivity index (χ1n) is 11.2. The van der Waals surface area contributed by atoms with Crippen molar-refractivity contribution in [3.05, 3.63) is 59.7 Å². The SMILES string of the molecule is CN(OCC(=O)O)C(=O)[C@H]1CCCC[C@H]1NC(=O)OCC1c2ccccc2-c2ccccc21. The number of hydrogen-bond acceptors (Lipinski definition) is 5. The molecule has 33 heavy (non-hydrogen) atoms. The van der Waals surface area contributed by atoms with Crippen molar-refractivity contribution in [2.24, 2.45) is 5.92 Å². The maximum absolute atomic E-state index is 12.8. The first kappa shape index (κ1) is 22.8. The van der Waals surface area contributed by atoms with E-state index in [2.05, 4.69) is 29.6 Å². The summed E-state index contributed by atoms with van der Waals surface area (Å²) in [4.78, 5) is 41.1. The van der Waals surface area contributed by atoms with Crippen LogP contribution in [0.4, 0.5) is 4.79 Å². The highest BCUT2D eigenvalue weighted by atomic mass is 16.7. The number of rotatable bonds is 7. The molecule has 4 rings (SSSR count). The van der Waals surface area contributed by atoms with Crippen LogP contribution in [-0.2, 0) is 19.2 Å². The highest BCUT2D eigenvalue weighted by Crippen LogP contribution is 2.44. The van der Waals surface area contributed by atoms with Gasteiger partial charge in [0.15, 0.2) is 6.61 Å². The summed E-state index contributed by atoms with van der Waals surface area (Å²) >= 11 is 0. The van der Waals surface area contributed by atoms with Crippen LogP contribution in [0.5, 0.6) is 0 Å². The molecule has 2 aromatic carbocycles. The van der Waals surface area contributed by atoms with E-state index in [1.54, 1.807) is 0 Å². The fraction of sp³-hybridized carbons (Fsp3) is 0.400. The Bertz CT molecular complexity index is 994. The lowest BCUT2D eigenvalue weighted by Gasteiger charge is -2.33. The van der Waals surface area contributed by atoms with Crippen LogP contribution in [0, 0.1) is 5.92 Å². The Labute approximate surface area is 192 Å². The summed E-state index contributed by atoms with van der Waals surface area (Å²) in [6, 6.07) is 15.9. The number of nitrogens with zero attached hydrogens (tertiary/aromatic N) is 1. The molecule has 8 nitrogen and oxygen atoms in total. The molecule has 2 aromatic rings. The van der Waals surface area contributed by atoms with Gasteiger partial charge in [0.25, 0.3) is 5.91 Å². The number of benzene rings is 2. The topological polar surface area (TPSA) is 105 Å². The molecule has 2 amide bonds. The Morgan fingerprint density at radius 3 is 2.24 bits per heavy atom.